The van der Waals surface area contributed by atoms with Crippen LogP contribution in [0.25, 0.3) is 0 Å². The van der Waals surface area contributed by atoms with Crippen LogP contribution in [0.1, 0.15) is 32.6 Å². The van der Waals surface area contributed by atoms with Crippen LogP contribution in [0.5, 0.6) is 0 Å². The van der Waals surface area contributed by atoms with Crippen molar-refractivity contribution in [2.24, 2.45) is 5.92 Å². The Bertz CT molecular complexity index is 272. The van der Waals surface area contributed by atoms with Crippen molar-refractivity contribution in [2.75, 3.05) is 25.4 Å². The summed E-state index contributed by atoms with van der Waals surface area (Å²) in [5, 5.41) is 8.61. The molecule has 0 aliphatic heterocycles. The van der Waals surface area contributed by atoms with E-state index in [9.17, 15) is 8.42 Å². The maximum Gasteiger partial charge on any atom is 0.214 e. The van der Waals surface area contributed by atoms with Gasteiger partial charge in [-0.15, -0.1) is 0 Å². The van der Waals surface area contributed by atoms with E-state index in [1.807, 2.05) is 6.92 Å². The van der Waals surface area contributed by atoms with Gasteiger partial charge >= 0.3 is 0 Å². The van der Waals surface area contributed by atoms with Crippen LogP contribution in [0, 0.1) is 5.92 Å². The molecule has 0 atom stereocenters. The van der Waals surface area contributed by atoms with Crippen molar-refractivity contribution in [3.8, 4) is 0 Å². The second-order valence-corrected chi connectivity index (χ2v) is 6.23. The lowest BCUT2D eigenvalue weighted by Gasteiger charge is -2.20. The van der Waals surface area contributed by atoms with E-state index >= 15 is 0 Å². The average molecular weight is 235 g/mol. The predicted octanol–water partition coefficient (Wildman–Crippen LogP) is 0.821. The molecule has 0 aromatic rings. The standard InChI is InChI=1S/C10H21NO3S/c1-2-11(9-10-5-6-10)15(13,14)8-4-3-7-12/h10,12H,2-9H2,1H3. The van der Waals surface area contributed by atoms with Crippen molar-refractivity contribution < 1.29 is 13.5 Å². The van der Waals surface area contributed by atoms with Gasteiger partial charge in [0.2, 0.25) is 10.0 Å². The molecule has 4 nitrogen and oxygen atoms in total. The van der Waals surface area contributed by atoms with Crippen LogP contribution in [0.2, 0.25) is 0 Å². The van der Waals surface area contributed by atoms with E-state index in [-0.39, 0.29) is 12.4 Å². The second kappa shape index (κ2) is 5.82. The molecule has 0 radical (unpaired) electrons. The summed E-state index contributed by atoms with van der Waals surface area (Å²) in [6.45, 7) is 3.21. The molecule has 5 heteroatoms. The van der Waals surface area contributed by atoms with Gasteiger partial charge in [0.15, 0.2) is 0 Å². The molecule has 1 fully saturated rings. The fourth-order valence-electron chi connectivity index (χ4n) is 1.55. The quantitative estimate of drug-likeness (QED) is 0.634. The highest BCUT2D eigenvalue weighted by molar-refractivity contribution is 7.89. The zero-order valence-electron chi connectivity index (χ0n) is 9.35. The van der Waals surface area contributed by atoms with Crippen LogP contribution in [-0.2, 0) is 10.0 Å². The Balaban J connectivity index is 2.40. The first-order valence-corrected chi connectivity index (χ1v) is 7.29. The van der Waals surface area contributed by atoms with E-state index in [2.05, 4.69) is 0 Å². The number of aliphatic hydroxyl groups is 1. The van der Waals surface area contributed by atoms with Gasteiger partial charge in [-0.2, -0.15) is 0 Å². The smallest absolute Gasteiger partial charge is 0.214 e. The molecule has 1 aliphatic carbocycles. The highest BCUT2D eigenvalue weighted by Gasteiger charge is 2.29. The minimum absolute atomic E-state index is 0.0737. The molecular formula is C10H21NO3S. The first-order chi connectivity index (χ1) is 7.10. The zero-order chi connectivity index (χ0) is 11.3. The molecule has 90 valence electrons. The van der Waals surface area contributed by atoms with Crippen molar-refractivity contribution in [2.45, 2.75) is 32.6 Å². The normalized spacial score (nSPS) is 17.3. The summed E-state index contributed by atoms with van der Waals surface area (Å²) in [5.74, 6) is 0.770. The third-order valence-corrected chi connectivity index (χ3v) is 4.71. The van der Waals surface area contributed by atoms with Gasteiger partial charge in [-0.05, 0) is 31.6 Å². The minimum Gasteiger partial charge on any atom is -0.396 e. The maximum absolute atomic E-state index is 11.8. The third-order valence-electron chi connectivity index (χ3n) is 2.72. The van der Waals surface area contributed by atoms with E-state index in [0.29, 0.717) is 31.8 Å². The van der Waals surface area contributed by atoms with Crippen molar-refractivity contribution in [3.63, 3.8) is 0 Å². The Morgan fingerprint density at radius 3 is 2.47 bits per heavy atom. The highest BCUT2D eigenvalue weighted by Crippen LogP contribution is 2.30. The molecule has 0 unspecified atom stereocenters. The number of aliphatic hydroxyl groups excluding tert-OH is 1. The van der Waals surface area contributed by atoms with Crippen molar-refractivity contribution in [3.05, 3.63) is 0 Å². The van der Waals surface area contributed by atoms with Gasteiger partial charge in [0, 0.05) is 19.7 Å². The molecule has 1 aliphatic rings. The van der Waals surface area contributed by atoms with E-state index in [1.54, 1.807) is 4.31 Å². The fraction of sp³-hybridized carbons (Fsp3) is 1.00. The van der Waals surface area contributed by atoms with Crippen LogP contribution in [0.3, 0.4) is 0 Å². The summed E-state index contributed by atoms with van der Waals surface area (Å²) < 4.78 is 25.3. The average Bonchev–Trinajstić information content (AvgIpc) is 2.97. The Labute approximate surface area is 92.3 Å². The highest BCUT2D eigenvalue weighted by atomic mass is 32.2. The molecule has 0 heterocycles. The summed E-state index contributed by atoms with van der Waals surface area (Å²) in [6.07, 6.45) is 3.46. The molecule has 15 heavy (non-hydrogen) atoms. The molecule has 0 saturated heterocycles. The van der Waals surface area contributed by atoms with Gasteiger partial charge in [-0.3, -0.25) is 0 Å². The summed E-state index contributed by atoms with van der Waals surface area (Å²) >= 11 is 0. The lowest BCUT2D eigenvalue weighted by molar-refractivity contribution is 0.286. The topological polar surface area (TPSA) is 57.6 Å². The molecule has 0 amide bonds. The number of unbranched alkanes of at least 4 members (excludes halogenated alkanes) is 1. The van der Waals surface area contributed by atoms with Gasteiger partial charge in [0.1, 0.15) is 0 Å². The first-order valence-electron chi connectivity index (χ1n) is 5.69. The fourth-order valence-corrected chi connectivity index (χ4v) is 3.21. The molecule has 0 aromatic heterocycles. The van der Waals surface area contributed by atoms with Crippen molar-refractivity contribution >= 4 is 10.0 Å². The Morgan fingerprint density at radius 1 is 1.33 bits per heavy atom. The Hall–Kier alpha value is -0.130. The molecule has 0 bridgehead atoms. The number of rotatable bonds is 8. The van der Waals surface area contributed by atoms with Gasteiger partial charge in [0.05, 0.1) is 5.75 Å². The lowest BCUT2D eigenvalue weighted by Crippen LogP contribution is -2.34. The number of hydrogen-bond acceptors (Lipinski definition) is 3. The number of nitrogens with zero attached hydrogens (tertiary/aromatic N) is 1. The van der Waals surface area contributed by atoms with Gasteiger partial charge in [-0.1, -0.05) is 6.92 Å². The monoisotopic (exact) mass is 235 g/mol. The molecular weight excluding hydrogens is 214 g/mol. The SMILES string of the molecule is CCN(CC1CC1)S(=O)(=O)CCCCO. The van der Waals surface area contributed by atoms with Crippen LogP contribution >= 0.6 is 0 Å². The molecule has 1 N–H and O–H groups in total. The van der Waals surface area contributed by atoms with Gasteiger partial charge < -0.3 is 5.11 Å². The van der Waals surface area contributed by atoms with Crippen molar-refractivity contribution in [1.29, 1.82) is 0 Å². The number of sulfonamides is 1. The van der Waals surface area contributed by atoms with E-state index in [4.69, 9.17) is 5.11 Å². The predicted molar refractivity (Wildman–Crippen MR) is 60.1 cm³/mol. The largest absolute Gasteiger partial charge is 0.396 e. The lowest BCUT2D eigenvalue weighted by atomic mass is 10.4. The van der Waals surface area contributed by atoms with Crippen LogP contribution in [-0.4, -0.2) is 43.3 Å². The molecule has 1 saturated carbocycles. The summed E-state index contributed by atoms with van der Waals surface area (Å²) in [5.41, 5.74) is 0. The van der Waals surface area contributed by atoms with Crippen LogP contribution < -0.4 is 0 Å². The summed E-state index contributed by atoms with van der Waals surface area (Å²) in [4.78, 5) is 0. The minimum atomic E-state index is -3.08. The first kappa shape index (κ1) is 12.9. The molecule has 0 spiro atoms. The van der Waals surface area contributed by atoms with Crippen LogP contribution in [0.15, 0.2) is 0 Å². The van der Waals surface area contributed by atoms with Gasteiger partial charge in [0.25, 0.3) is 0 Å². The van der Waals surface area contributed by atoms with Gasteiger partial charge in [-0.25, -0.2) is 12.7 Å². The van der Waals surface area contributed by atoms with E-state index in [1.165, 1.54) is 12.8 Å². The summed E-state index contributed by atoms with van der Waals surface area (Å²) in [6, 6.07) is 0. The Kier molecular flexibility index (Phi) is 5.02. The van der Waals surface area contributed by atoms with E-state index in [0.717, 1.165) is 0 Å². The number of hydrogen-bond donors (Lipinski definition) is 1. The second-order valence-electron chi connectivity index (χ2n) is 4.14. The van der Waals surface area contributed by atoms with Crippen molar-refractivity contribution in [1.82, 2.24) is 4.31 Å². The summed E-state index contributed by atoms with van der Waals surface area (Å²) in [7, 11) is -3.08. The Morgan fingerprint density at radius 2 is 2.00 bits per heavy atom. The maximum atomic E-state index is 11.8. The molecule has 0 aromatic carbocycles. The van der Waals surface area contributed by atoms with E-state index < -0.39 is 10.0 Å². The third kappa shape index (κ3) is 4.49. The van der Waals surface area contributed by atoms with Crippen LogP contribution in [0.4, 0.5) is 0 Å². The zero-order valence-corrected chi connectivity index (χ0v) is 10.2. The molecule has 1 rings (SSSR count).